The zero-order valence-corrected chi connectivity index (χ0v) is 14.2. The van der Waals surface area contributed by atoms with E-state index in [1.807, 2.05) is 6.92 Å². The summed E-state index contributed by atoms with van der Waals surface area (Å²) in [4.78, 5) is 0.179. The number of hydrogen-bond donors (Lipinski definition) is 1. The van der Waals surface area contributed by atoms with Gasteiger partial charge in [-0.05, 0) is 43.3 Å². The number of nitrogens with one attached hydrogen (secondary N) is 1. The lowest BCUT2D eigenvalue weighted by molar-refractivity contribution is 0.323. The summed E-state index contributed by atoms with van der Waals surface area (Å²) in [7, 11) is -3.58. The molecule has 2 aromatic carbocycles. The van der Waals surface area contributed by atoms with E-state index in [-0.39, 0.29) is 18.0 Å². The van der Waals surface area contributed by atoms with Gasteiger partial charge in [0.25, 0.3) is 0 Å². The maximum Gasteiger partial charge on any atom is 0.240 e. The van der Waals surface area contributed by atoms with E-state index in [0.717, 1.165) is 0 Å². The molecular formula is C16H18ClNO4S. The zero-order valence-electron chi connectivity index (χ0n) is 12.7. The molecule has 2 rings (SSSR count). The molecule has 0 saturated heterocycles. The number of sulfonamides is 1. The van der Waals surface area contributed by atoms with Gasteiger partial charge in [-0.3, -0.25) is 0 Å². The second-order valence-corrected chi connectivity index (χ2v) is 6.76. The summed E-state index contributed by atoms with van der Waals surface area (Å²) < 4.78 is 37.5. The van der Waals surface area contributed by atoms with E-state index < -0.39 is 10.0 Å². The zero-order chi connectivity index (χ0) is 16.7. The summed E-state index contributed by atoms with van der Waals surface area (Å²) in [6.45, 7) is 2.72. The van der Waals surface area contributed by atoms with Gasteiger partial charge in [-0.2, -0.15) is 0 Å². The Morgan fingerprint density at radius 1 is 1.04 bits per heavy atom. The van der Waals surface area contributed by atoms with Crippen molar-refractivity contribution in [3.8, 4) is 11.5 Å². The average Bonchev–Trinajstić information content (AvgIpc) is 2.54. The third-order valence-corrected chi connectivity index (χ3v) is 4.72. The van der Waals surface area contributed by atoms with Crippen LogP contribution in [0.5, 0.6) is 11.5 Å². The predicted octanol–water partition coefficient (Wildman–Crippen LogP) is 3.10. The van der Waals surface area contributed by atoms with E-state index >= 15 is 0 Å². The fraction of sp³-hybridized carbons (Fsp3) is 0.250. The summed E-state index contributed by atoms with van der Waals surface area (Å²) in [5, 5.41) is 0.488. The van der Waals surface area contributed by atoms with Crippen molar-refractivity contribution >= 4 is 21.6 Å². The van der Waals surface area contributed by atoms with E-state index in [4.69, 9.17) is 21.1 Å². The van der Waals surface area contributed by atoms with Crippen molar-refractivity contribution < 1.29 is 17.9 Å². The van der Waals surface area contributed by atoms with Crippen LogP contribution < -0.4 is 14.2 Å². The van der Waals surface area contributed by atoms with Crippen LogP contribution in [0.1, 0.15) is 6.92 Å². The summed E-state index contributed by atoms with van der Waals surface area (Å²) in [6.07, 6.45) is 0. The van der Waals surface area contributed by atoms with Crippen molar-refractivity contribution in [2.75, 3.05) is 19.8 Å². The highest BCUT2D eigenvalue weighted by Gasteiger charge is 2.13. The molecule has 0 fully saturated rings. The van der Waals surface area contributed by atoms with Gasteiger partial charge in [0.1, 0.15) is 18.1 Å². The molecule has 0 aliphatic carbocycles. The lowest BCUT2D eigenvalue weighted by Crippen LogP contribution is -2.28. The Labute approximate surface area is 141 Å². The van der Waals surface area contributed by atoms with Gasteiger partial charge in [0, 0.05) is 6.54 Å². The Hall–Kier alpha value is -1.76. The van der Waals surface area contributed by atoms with E-state index in [9.17, 15) is 8.42 Å². The second kappa shape index (κ2) is 8.19. The minimum Gasteiger partial charge on any atom is -0.494 e. The van der Waals surface area contributed by atoms with E-state index in [2.05, 4.69) is 4.72 Å². The first-order valence-electron chi connectivity index (χ1n) is 7.13. The van der Waals surface area contributed by atoms with Gasteiger partial charge in [0.15, 0.2) is 0 Å². The van der Waals surface area contributed by atoms with Crippen molar-refractivity contribution in [2.45, 2.75) is 11.8 Å². The van der Waals surface area contributed by atoms with Gasteiger partial charge in [0.2, 0.25) is 10.0 Å². The van der Waals surface area contributed by atoms with Crippen LogP contribution in [0.4, 0.5) is 0 Å². The van der Waals surface area contributed by atoms with E-state index in [1.54, 1.807) is 36.4 Å². The molecule has 2 aromatic rings. The number of halogens is 1. The van der Waals surface area contributed by atoms with Crippen LogP contribution in [0.25, 0.3) is 0 Å². The fourth-order valence-corrected chi connectivity index (χ4v) is 3.07. The minimum atomic E-state index is -3.58. The van der Waals surface area contributed by atoms with Crippen molar-refractivity contribution in [3.63, 3.8) is 0 Å². The van der Waals surface area contributed by atoms with Crippen LogP contribution in [0.15, 0.2) is 53.4 Å². The Morgan fingerprint density at radius 2 is 1.74 bits per heavy atom. The summed E-state index contributed by atoms with van der Waals surface area (Å²) in [5.74, 6) is 1.16. The Bertz CT molecular complexity index is 732. The second-order valence-electron chi connectivity index (χ2n) is 4.58. The summed E-state index contributed by atoms with van der Waals surface area (Å²) in [6, 6.07) is 13.3. The molecule has 0 amide bonds. The van der Waals surface area contributed by atoms with Crippen LogP contribution in [-0.4, -0.2) is 28.2 Å². The number of para-hydroxylation sites is 1. The molecule has 0 spiro atoms. The molecule has 0 bridgehead atoms. The summed E-state index contributed by atoms with van der Waals surface area (Å²) in [5.41, 5.74) is 0. The number of ether oxygens (including phenoxy) is 2. The molecule has 0 atom stereocenters. The van der Waals surface area contributed by atoms with Crippen LogP contribution in [0, 0.1) is 0 Å². The monoisotopic (exact) mass is 355 g/mol. The molecule has 0 aromatic heterocycles. The molecule has 1 N–H and O–H groups in total. The molecule has 0 radical (unpaired) electrons. The van der Waals surface area contributed by atoms with Gasteiger partial charge < -0.3 is 9.47 Å². The summed E-state index contributed by atoms with van der Waals surface area (Å²) >= 11 is 5.95. The maximum atomic E-state index is 12.1. The first-order chi connectivity index (χ1) is 11.0. The smallest absolute Gasteiger partial charge is 0.240 e. The fourth-order valence-electron chi connectivity index (χ4n) is 1.86. The van der Waals surface area contributed by atoms with Gasteiger partial charge in [-0.25, -0.2) is 13.1 Å². The third-order valence-electron chi connectivity index (χ3n) is 2.93. The van der Waals surface area contributed by atoms with Gasteiger partial charge in [-0.15, -0.1) is 0 Å². The number of hydrogen-bond acceptors (Lipinski definition) is 4. The Morgan fingerprint density at radius 3 is 2.39 bits per heavy atom. The van der Waals surface area contributed by atoms with Gasteiger partial charge in [0.05, 0.1) is 16.5 Å². The molecule has 124 valence electrons. The highest BCUT2D eigenvalue weighted by atomic mass is 35.5. The largest absolute Gasteiger partial charge is 0.494 e. The normalized spacial score (nSPS) is 11.2. The average molecular weight is 356 g/mol. The van der Waals surface area contributed by atoms with Crippen molar-refractivity contribution in [1.29, 1.82) is 0 Å². The number of rotatable bonds is 8. The molecule has 0 heterocycles. The van der Waals surface area contributed by atoms with Crippen molar-refractivity contribution in [3.05, 3.63) is 53.6 Å². The lowest BCUT2D eigenvalue weighted by Gasteiger charge is -2.10. The highest BCUT2D eigenvalue weighted by molar-refractivity contribution is 7.89. The topological polar surface area (TPSA) is 64.6 Å². The molecule has 23 heavy (non-hydrogen) atoms. The first-order valence-corrected chi connectivity index (χ1v) is 8.99. The molecule has 5 nitrogen and oxygen atoms in total. The number of benzene rings is 2. The molecule has 7 heteroatoms. The maximum absolute atomic E-state index is 12.1. The first kappa shape index (κ1) is 17.6. The third kappa shape index (κ3) is 5.13. The van der Waals surface area contributed by atoms with Crippen LogP contribution >= 0.6 is 11.6 Å². The van der Waals surface area contributed by atoms with E-state index in [0.29, 0.717) is 23.1 Å². The lowest BCUT2D eigenvalue weighted by atomic mass is 10.3. The van der Waals surface area contributed by atoms with Crippen molar-refractivity contribution in [2.24, 2.45) is 0 Å². The van der Waals surface area contributed by atoms with E-state index in [1.165, 1.54) is 12.1 Å². The molecular weight excluding hydrogens is 338 g/mol. The molecule has 0 aliphatic rings. The van der Waals surface area contributed by atoms with Crippen LogP contribution in [0.2, 0.25) is 5.02 Å². The standard InChI is InChI=1S/C16H18ClNO4S/c1-2-21-13-7-9-14(10-8-13)23(19,20)18-11-12-22-16-6-4-3-5-15(16)17/h3-10,18H,2,11-12H2,1H3. The Balaban J connectivity index is 1.87. The SMILES string of the molecule is CCOc1ccc(S(=O)(=O)NCCOc2ccccc2Cl)cc1. The molecule has 0 saturated carbocycles. The Kier molecular flexibility index (Phi) is 6.27. The van der Waals surface area contributed by atoms with Crippen molar-refractivity contribution in [1.82, 2.24) is 4.72 Å². The molecule has 0 aliphatic heterocycles. The highest BCUT2D eigenvalue weighted by Crippen LogP contribution is 2.22. The quantitative estimate of drug-likeness (QED) is 0.739. The van der Waals surface area contributed by atoms with Crippen LogP contribution in [-0.2, 0) is 10.0 Å². The minimum absolute atomic E-state index is 0.140. The predicted molar refractivity (Wildman–Crippen MR) is 89.7 cm³/mol. The van der Waals surface area contributed by atoms with Gasteiger partial charge >= 0.3 is 0 Å². The molecule has 0 unspecified atom stereocenters. The van der Waals surface area contributed by atoms with Gasteiger partial charge in [-0.1, -0.05) is 23.7 Å². The van der Waals surface area contributed by atoms with Crippen LogP contribution in [0.3, 0.4) is 0 Å².